The van der Waals surface area contributed by atoms with E-state index in [1.54, 1.807) is 24.3 Å². The Morgan fingerprint density at radius 2 is 1.58 bits per heavy atom. The van der Waals surface area contributed by atoms with E-state index in [0.29, 0.717) is 13.0 Å². The number of halogens is 2. The minimum Gasteiger partial charge on any atom is -0.495 e. The third-order valence-electron chi connectivity index (χ3n) is 7.14. The van der Waals surface area contributed by atoms with Gasteiger partial charge < -0.3 is 15.0 Å². The molecule has 45 heavy (non-hydrogen) atoms. The standard InChI is InChI=1S/C34H35ClFN3O5S/c1-3-20-37-34(41)31(21-25-12-6-4-7-13-25)38(23-26-14-10-11-17-29(26)36)33(40)24-39(30-22-27(35)18-19-32(30)44-2)45(42,43)28-15-8-5-9-16-28/h4-19,22,31H,3,20-21,23-24H2,1-2H3,(H,37,41)/t31-/m0/s1. The van der Waals surface area contributed by atoms with E-state index in [4.69, 9.17) is 16.3 Å². The van der Waals surface area contributed by atoms with E-state index in [2.05, 4.69) is 5.32 Å². The highest BCUT2D eigenvalue weighted by Gasteiger charge is 2.36. The molecule has 0 aliphatic rings. The van der Waals surface area contributed by atoms with Gasteiger partial charge >= 0.3 is 0 Å². The minimum atomic E-state index is -4.36. The Balaban J connectivity index is 1.85. The number of benzene rings is 4. The van der Waals surface area contributed by atoms with Gasteiger partial charge in [-0.3, -0.25) is 13.9 Å². The molecule has 0 aliphatic heterocycles. The number of anilines is 1. The highest BCUT2D eigenvalue weighted by molar-refractivity contribution is 7.92. The largest absolute Gasteiger partial charge is 0.495 e. The van der Waals surface area contributed by atoms with E-state index >= 15 is 4.39 Å². The van der Waals surface area contributed by atoms with Gasteiger partial charge in [0.2, 0.25) is 11.8 Å². The van der Waals surface area contributed by atoms with Gasteiger partial charge in [-0.05, 0) is 48.4 Å². The summed E-state index contributed by atoms with van der Waals surface area (Å²) in [6.45, 7) is 1.25. The SMILES string of the molecule is CCCNC(=O)[C@H](Cc1ccccc1)N(Cc1ccccc1F)C(=O)CN(c1cc(Cl)ccc1OC)S(=O)(=O)c1ccccc1. The second-order valence-electron chi connectivity index (χ2n) is 10.3. The molecule has 0 saturated heterocycles. The van der Waals surface area contributed by atoms with Gasteiger partial charge in [0.25, 0.3) is 10.0 Å². The second kappa shape index (κ2) is 15.5. The number of nitrogens with one attached hydrogen (secondary N) is 1. The summed E-state index contributed by atoms with van der Waals surface area (Å²) < 4.78 is 49.7. The van der Waals surface area contributed by atoms with Crippen LogP contribution in [-0.4, -0.2) is 51.4 Å². The fourth-order valence-electron chi connectivity index (χ4n) is 4.82. The Labute approximate surface area is 268 Å². The van der Waals surface area contributed by atoms with Crippen molar-refractivity contribution in [3.8, 4) is 5.75 Å². The Bertz CT molecular complexity index is 1710. The summed E-state index contributed by atoms with van der Waals surface area (Å²) in [7, 11) is -2.98. The molecule has 11 heteroatoms. The molecular weight excluding hydrogens is 617 g/mol. The Morgan fingerprint density at radius 3 is 2.22 bits per heavy atom. The summed E-state index contributed by atoms with van der Waals surface area (Å²) in [5, 5.41) is 3.08. The van der Waals surface area contributed by atoms with Crippen LogP contribution in [0.25, 0.3) is 0 Å². The third-order valence-corrected chi connectivity index (χ3v) is 9.15. The first-order chi connectivity index (χ1) is 21.6. The quantitative estimate of drug-likeness (QED) is 0.185. The molecule has 2 amide bonds. The van der Waals surface area contributed by atoms with Crippen LogP contribution in [0.5, 0.6) is 5.75 Å². The Morgan fingerprint density at radius 1 is 0.933 bits per heavy atom. The molecule has 0 aliphatic carbocycles. The molecule has 0 saturated carbocycles. The molecule has 0 fully saturated rings. The number of carbonyl (C=O) groups is 2. The van der Waals surface area contributed by atoms with Crippen LogP contribution in [-0.2, 0) is 32.6 Å². The molecule has 0 bridgehead atoms. The molecule has 0 spiro atoms. The zero-order valence-corrected chi connectivity index (χ0v) is 26.6. The van der Waals surface area contributed by atoms with Crippen LogP contribution >= 0.6 is 11.6 Å². The number of nitrogens with zero attached hydrogens (tertiary/aromatic N) is 2. The summed E-state index contributed by atoms with van der Waals surface area (Å²) in [4.78, 5) is 29.3. The van der Waals surface area contributed by atoms with Crippen LogP contribution in [0.4, 0.5) is 10.1 Å². The van der Waals surface area contributed by atoms with Crippen molar-refractivity contribution in [3.05, 3.63) is 125 Å². The molecule has 4 rings (SSSR count). The van der Waals surface area contributed by atoms with E-state index in [-0.39, 0.29) is 39.9 Å². The fourth-order valence-corrected chi connectivity index (χ4v) is 6.43. The summed E-state index contributed by atoms with van der Waals surface area (Å²) in [6.07, 6.45) is 0.769. The number of ether oxygens (including phenoxy) is 1. The number of rotatable bonds is 14. The zero-order chi connectivity index (χ0) is 32.4. The van der Waals surface area contributed by atoms with Crippen molar-refractivity contribution in [2.75, 3.05) is 24.5 Å². The van der Waals surface area contributed by atoms with E-state index in [9.17, 15) is 18.0 Å². The molecule has 0 radical (unpaired) electrons. The molecule has 236 valence electrons. The summed E-state index contributed by atoms with van der Waals surface area (Å²) >= 11 is 6.30. The summed E-state index contributed by atoms with van der Waals surface area (Å²) in [5.41, 5.74) is 0.971. The van der Waals surface area contributed by atoms with Crippen LogP contribution in [0.3, 0.4) is 0 Å². The molecular formula is C34H35ClFN3O5S. The lowest BCUT2D eigenvalue weighted by molar-refractivity contribution is -0.140. The number of sulfonamides is 1. The van der Waals surface area contributed by atoms with Crippen LogP contribution in [0, 0.1) is 5.82 Å². The topological polar surface area (TPSA) is 96.0 Å². The molecule has 0 unspecified atom stereocenters. The lowest BCUT2D eigenvalue weighted by atomic mass is 10.0. The smallest absolute Gasteiger partial charge is 0.264 e. The number of hydrogen-bond acceptors (Lipinski definition) is 5. The summed E-state index contributed by atoms with van der Waals surface area (Å²) in [6, 6.07) is 26.1. The van der Waals surface area contributed by atoms with E-state index in [1.165, 1.54) is 60.5 Å². The summed E-state index contributed by atoms with van der Waals surface area (Å²) in [5.74, 6) is -1.57. The molecule has 1 atom stereocenters. The predicted octanol–water partition coefficient (Wildman–Crippen LogP) is 5.85. The third kappa shape index (κ3) is 8.40. The molecule has 8 nitrogen and oxygen atoms in total. The number of methoxy groups -OCH3 is 1. The van der Waals surface area contributed by atoms with Crippen LogP contribution in [0.2, 0.25) is 5.02 Å². The number of carbonyl (C=O) groups excluding carboxylic acids is 2. The van der Waals surface area contributed by atoms with E-state index < -0.39 is 40.2 Å². The highest BCUT2D eigenvalue weighted by atomic mass is 35.5. The lowest BCUT2D eigenvalue weighted by Gasteiger charge is -2.34. The first-order valence-corrected chi connectivity index (χ1v) is 16.2. The average Bonchev–Trinajstić information content (AvgIpc) is 3.05. The van der Waals surface area contributed by atoms with E-state index in [1.807, 2.05) is 37.3 Å². The van der Waals surface area contributed by atoms with Crippen molar-refractivity contribution < 1.29 is 27.1 Å². The van der Waals surface area contributed by atoms with Crippen LogP contribution < -0.4 is 14.4 Å². The average molecular weight is 652 g/mol. The maximum atomic E-state index is 15.0. The lowest BCUT2D eigenvalue weighted by Crippen LogP contribution is -2.53. The maximum absolute atomic E-state index is 15.0. The van der Waals surface area contributed by atoms with Gasteiger partial charge in [0.1, 0.15) is 24.2 Å². The fraction of sp³-hybridized carbons (Fsp3) is 0.235. The first kappa shape index (κ1) is 33.5. The maximum Gasteiger partial charge on any atom is 0.264 e. The van der Waals surface area contributed by atoms with Crippen LogP contribution in [0.1, 0.15) is 24.5 Å². The molecule has 0 heterocycles. The molecule has 4 aromatic rings. The molecule has 0 aromatic heterocycles. The van der Waals surface area contributed by atoms with Crippen molar-refractivity contribution in [1.82, 2.24) is 10.2 Å². The zero-order valence-electron chi connectivity index (χ0n) is 25.0. The molecule has 4 aromatic carbocycles. The number of amides is 2. The van der Waals surface area contributed by atoms with Crippen LogP contribution in [0.15, 0.2) is 108 Å². The first-order valence-electron chi connectivity index (χ1n) is 14.4. The number of hydrogen-bond donors (Lipinski definition) is 1. The van der Waals surface area contributed by atoms with Crippen molar-refractivity contribution in [1.29, 1.82) is 0 Å². The highest BCUT2D eigenvalue weighted by Crippen LogP contribution is 2.35. The normalized spacial score (nSPS) is 11.8. The van der Waals surface area contributed by atoms with Gasteiger partial charge in [-0.25, -0.2) is 12.8 Å². The van der Waals surface area contributed by atoms with Gasteiger partial charge in [-0.2, -0.15) is 0 Å². The van der Waals surface area contributed by atoms with Crippen molar-refractivity contribution in [3.63, 3.8) is 0 Å². The van der Waals surface area contributed by atoms with Crippen molar-refractivity contribution in [2.45, 2.75) is 37.2 Å². The Kier molecular flexibility index (Phi) is 11.6. The molecule has 1 N–H and O–H groups in total. The predicted molar refractivity (Wildman–Crippen MR) is 173 cm³/mol. The van der Waals surface area contributed by atoms with Gasteiger partial charge in [-0.1, -0.05) is 85.3 Å². The van der Waals surface area contributed by atoms with E-state index in [0.717, 1.165) is 9.87 Å². The van der Waals surface area contributed by atoms with Gasteiger partial charge in [-0.15, -0.1) is 0 Å². The van der Waals surface area contributed by atoms with Gasteiger partial charge in [0, 0.05) is 30.1 Å². The second-order valence-corrected chi connectivity index (χ2v) is 12.5. The van der Waals surface area contributed by atoms with Crippen molar-refractivity contribution in [2.24, 2.45) is 0 Å². The Hall–Kier alpha value is -4.41. The monoisotopic (exact) mass is 651 g/mol. The van der Waals surface area contributed by atoms with Gasteiger partial charge in [0.05, 0.1) is 17.7 Å². The minimum absolute atomic E-state index is 0.0306. The van der Waals surface area contributed by atoms with Gasteiger partial charge in [0.15, 0.2) is 0 Å². The van der Waals surface area contributed by atoms with Crippen molar-refractivity contribution >= 4 is 39.1 Å².